The number of aromatic nitrogens is 1. The second-order valence-corrected chi connectivity index (χ2v) is 5.92. The van der Waals surface area contributed by atoms with E-state index < -0.39 is 10.0 Å². The number of thiazole rings is 1. The molecule has 1 aromatic heterocycles. The maximum atomic E-state index is 11.4. The van der Waals surface area contributed by atoms with Gasteiger partial charge in [-0.3, -0.25) is 0 Å². The zero-order chi connectivity index (χ0) is 10.1. The van der Waals surface area contributed by atoms with Crippen molar-refractivity contribution in [2.75, 3.05) is 14.1 Å². The van der Waals surface area contributed by atoms with Crippen molar-refractivity contribution in [1.29, 1.82) is 0 Å². The summed E-state index contributed by atoms with van der Waals surface area (Å²) in [6.45, 7) is 0. The van der Waals surface area contributed by atoms with E-state index in [4.69, 9.17) is 11.6 Å². The topological polar surface area (TPSA) is 62.3 Å². The number of nitrogens with one attached hydrogen (secondary N) is 1. The molecule has 0 aromatic carbocycles. The van der Waals surface area contributed by atoms with Gasteiger partial charge in [-0.1, -0.05) is 22.9 Å². The molecule has 5 nitrogen and oxygen atoms in total. The third-order valence-electron chi connectivity index (χ3n) is 1.02. The molecule has 1 heterocycles. The summed E-state index contributed by atoms with van der Waals surface area (Å²) >= 11 is 6.42. The molecule has 74 valence electrons. The van der Waals surface area contributed by atoms with Crippen molar-refractivity contribution in [1.82, 2.24) is 14.8 Å². The van der Waals surface area contributed by atoms with Gasteiger partial charge in [0.15, 0.2) is 8.68 Å². The smallest absolute Gasteiger partial charge is 0.237 e. The Kier molecular flexibility index (Phi) is 3.25. The predicted molar refractivity (Wildman–Crippen MR) is 51.1 cm³/mol. The van der Waals surface area contributed by atoms with E-state index in [-0.39, 0.29) is 8.68 Å². The Hall–Kier alpha value is -0.210. The molecule has 8 heteroatoms. The molecule has 1 N–H and O–H groups in total. The molecule has 0 saturated heterocycles. The van der Waals surface area contributed by atoms with Crippen LogP contribution in [0.4, 0.5) is 0 Å². The van der Waals surface area contributed by atoms with Crippen LogP contribution in [-0.4, -0.2) is 32.5 Å². The van der Waals surface area contributed by atoms with Gasteiger partial charge in [0.2, 0.25) is 0 Å². The van der Waals surface area contributed by atoms with Gasteiger partial charge >= 0.3 is 0 Å². The monoisotopic (exact) mass is 241 g/mol. The molecule has 0 bridgehead atoms. The summed E-state index contributed by atoms with van der Waals surface area (Å²) in [5, 5.41) is 1.34. The largest absolute Gasteiger partial charge is 0.264 e. The normalized spacial score (nSPS) is 12.3. The molecule has 0 aliphatic heterocycles. The van der Waals surface area contributed by atoms with Crippen LogP contribution < -0.4 is 4.83 Å². The molecule has 0 aliphatic carbocycles. The van der Waals surface area contributed by atoms with Crippen LogP contribution in [0.5, 0.6) is 0 Å². The minimum atomic E-state index is -3.49. The molecule has 0 aliphatic rings. The van der Waals surface area contributed by atoms with E-state index in [1.165, 1.54) is 11.2 Å². The van der Waals surface area contributed by atoms with Crippen molar-refractivity contribution in [3.8, 4) is 0 Å². The molecule has 1 rings (SSSR count). The molecule has 0 unspecified atom stereocenters. The first kappa shape index (κ1) is 10.9. The first-order valence-electron chi connectivity index (χ1n) is 3.23. The van der Waals surface area contributed by atoms with Gasteiger partial charge in [0, 0.05) is 14.1 Å². The van der Waals surface area contributed by atoms with Crippen molar-refractivity contribution in [3.05, 3.63) is 10.7 Å². The third kappa shape index (κ3) is 2.89. The maximum Gasteiger partial charge on any atom is 0.264 e. The maximum absolute atomic E-state index is 11.4. The van der Waals surface area contributed by atoms with Gasteiger partial charge in [-0.05, 0) is 0 Å². The average molecular weight is 242 g/mol. The van der Waals surface area contributed by atoms with Crippen molar-refractivity contribution in [3.63, 3.8) is 0 Å². The minimum Gasteiger partial charge on any atom is -0.237 e. The molecular weight excluding hydrogens is 234 g/mol. The molecule has 13 heavy (non-hydrogen) atoms. The van der Waals surface area contributed by atoms with E-state index in [9.17, 15) is 8.42 Å². The van der Waals surface area contributed by atoms with Gasteiger partial charge in [-0.25, -0.2) is 18.4 Å². The average Bonchev–Trinajstić information content (AvgIpc) is 2.32. The van der Waals surface area contributed by atoms with Gasteiger partial charge < -0.3 is 0 Å². The highest BCUT2D eigenvalue weighted by atomic mass is 35.5. The van der Waals surface area contributed by atoms with Crippen LogP contribution in [0.1, 0.15) is 0 Å². The number of halogens is 1. The van der Waals surface area contributed by atoms with Crippen LogP contribution in [0.15, 0.2) is 10.4 Å². The minimum absolute atomic E-state index is 0.103. The first-order valence-corrected chi connectivity index (χ1v) is 5.90. The van der Waals surface area contributed by atoms with Crippen LogP contribution in [0, 0.1) is 0 Å². The Bertz CT molecular complexity index is 386. The second kappa shape index (κ2) is 3.89. The van der Waals surface area contributed by atoms with Crippen LogP contribution in [0.3, 0.4) is 0 Å². The number of sulfonamides is 1. The quantitative estimate of drug-likeness (QED) is 0.786. The molecular formula is C5H8ClN3O2S2. The van der Waals surface area contributed by atoms with Gasteiger partial charge in [0.1, 0.15) is 0 Å². The molecule has 0 spiro atoms. The van der Waals surface area contributed by atoms with Crippen LogP contribution in [-0.2, 0) is 10.0 Å². The van der Waals surface area contributed by atoms with Crippen molar-refractivity contribution in [2.24, 2.45) is 0 Å². The molecule has 0 fully saturated rings. The summed E-state index contributed by atoms with van der Waals surface area (Å²) in [5.74, 6) is 0. The van der Waals surface area contributed by atoms with Crippen LogP contribution in [0.2, 0.25) is 4.47 Å². The third-order valence-corrected chi connectivity index (χ3v) is 4.08. The van der Waals surface area contributed by atoms with Crippen molar-refractivity contribution in [2.45, 2.75) is 4.21 Å². The van der Waals surface area contributed by atoms with Gasteiger partial charge in [0.05, 0.1) is 6.20 Å². The van der Waals surface area contributed by atoms with Gasteiger partial charge in [-0.15, -0.1) is 4.83 Å². The zero-order valence-electron chi connectivity index (χ0n) is 6.98. The number of nitrogens with zero attached hydrogens (tertiary/aromatic N) is 2. The molecule has 0 radical (unpaired) electrons. The lowest BCUT2D eigenvalue weighted by Crippen LogP contribution is -2.35. The fraction of sp³-hybridized carbons (Fsp3) is 0.400. The van der Waals surface area contributed by atoms with Gasteiger partial charge in [-0.2, -0.15) is 0 Å². The van der Waals surface area contributed by atoms with Crippen LogP contribution >= 0.6 is 22.9 Å². The number of hydrogen-bond donors (Lipinski definition) is 1. The standard InChI is InChI=1S/C5H8ClN3O2S2/c1-9(2)8-13(10,11)4-3-7-5(6)12-4/h3,8H,1-2H3. The second-order valence-electron chi connectivity index (χ2n) is 2.42. The Balaban J connectivity index is 2.95. The van der Waals surface area contributed by atoms with E-state index in [2.05, 4.69) is 9.82 Å². The summed E-state index contributed by atoms with van der Waals surface area (Å²) in [6, 6.07) is 0. The highest BCUT2D eigenvalue weighted by Gasteiger charge is 2.17. The van der Waals surface area contributed by atoms with Crippen LogP contribution in [0.25, 0.3) is 0 Å². The first-order chi connectivity index (χ1) is 5.92. The Morgan fingerprint density at radius 3 is 2.62 bits per heavy atom. The lowest BCUT2D eigenvalue weighted by Gasteiger charge is -2.10. The summed E-state index contributed by atoms with van der Waals surface area (Å²) < 4.78 is 23.1. The molecule has 0 amide bonds. The number of hydrogen-bond acceptors (Lipinski definition) is 5. The van der Waals surface area contributed by atoms with E-state index in [1.807, 2.05) is 0 Å². The Morgan fingerprint density at radius 2 is 2.23 bits per heavy atom. The number of rotatable bonds is 3. The fourth-order valence-corrected chi connectivity index (χ4v) is 3.01. The predicted octanol–water partition coefficient (Wildman–Crippen LogP) is 0.551. The highest BCUT2D eigenvalue weighted by Crippen LogP contribution is 2.21. The summed E-state index contributed by atoms with van der Waals surface area (Å²) in [4.78, 5) is 5.90. The number of hydrazine groups is 1. The SMILES string of the molecule is CN(C)NS(=O)(=O)c1cnc(Cl)s1. The molecule has 0 saturated carbocycles. The summed E-state index contributed by atoms with van der Waals surface area (Å²) in [6.07, 6.45) is 1.22. The van der Waals surface area contributed by atoms with E-state index in [0.29, 0.717) is 0 Å². The van der Waals surface area contributed by atoms with E-state index >= 15 is 0 Å². The summed E-state index contributed by atoms with van der Waals surface area (Å²) in [5.41, 5.74) is 0. The zero-order valence-corrected chi connectivity index (χ0v) is 9.37. The van der Waals surface area contributed by atoms with Crippen molar-refractivity contribution < 1.29 is 8.42 Å². The highest BCUT2D eigenvalue weighted by molar-refractivity contribution is 7.91. The fourth-order valence-electron chi connectivity index (χ4n) is 0.649. The summed E-state index contributed by atoms with van der Waals surface area (Å²) in [7, 11) is -0.324. The Labute approximate surface area is 85.4 Å². The molecule has 0 atom stereocenters. The lowest BCUT2D eigenvalue weighted by atomic mass is 11.0. The van der Waals surface area contributed by atoms with Gasteiger partial charge in [0.25, 0.3) is 10.0 Å². The van der Waals surface area contributed by atoms with E-state index in [1.54, 1.807) is 14.1 Å². The lowest BCUT2D eigenvalue weighted by molar-refractivity contribution is 0.364. The van der Waals surface area contributed by atoms with E-state index in [0.717, 1.165) is 11.3 Å². The Morgan fingerprint density at radius 1 is 1.62 bits per heavy atom. The molecule has 1 aromatic rings. The van der Waals surface area contributed by atoms with Crippen molar-refractivity contribution >= 4 is 33.0 Å².